The summed E-state index contributed by atoms with van der Waals surface area (Å²) in [5, 5.41) is 49.6. The Balaban J connectivity index is 2.07. The number of hydrogen-bond donors (Lipinski definition) is 5. The number of carbonyl (C=O) groups excluding carboxylic acids is 2. The van der Waals surface area contributed by atoms with Crippen molar-refractivity contribution < 1.29 is 39.9 Å². The molecule has 1 saturated heterocycles. The zero-order chi connectivity index (χ0) is 17.6. The summed E-state index contributed by atoms with van der Waals surface area (Å²) in [5.74, 6) is -4.08. The molecule has 0 bridgehead atoms. The predicted octanol–water partition coefficient (Wildman–Crippen LogP) is -1.85. The van der Waals surface area contributed by atoms with E-state index in [4.69, 9.17) is 4.74 Å². The molecule has 3 rings (SSSR count). The third kappa shape index (κ3) is 2.32. The van der Waals surface area contributed by atoms with Crippen molar-refractivity contribution in [1.29, 1.82) is 0 Å². The standard InChI is InChI=1S/C16H16O8/c17-6-11-13(20)14(21)15(22)16(23,24-11)9-5-10(18)7-3-1-2-4-8(7)12(9)19/h1-5,11,13-15,17,20-23H,6H2/t11-,13-,14+,15-,16-/m1/s1. The molecule has 0 radical (unpaired) electrons. The summed E-state index contributed by atoms with van der Waals surface area (Å²) in [4.78, 5) is 24.8. The lowest BCUT2D eigenvalue weighted by Crippen LogP contribution is -2.66. The molecule has 1 aliphatic carbocycles. The number of rotatable bonds is 2. The topological polar surface area (TPSA) is 145 Å². The number of carbonyl (C=O) groups is 2. The smallest absolute Gasteiger partial charge is 0.226 e. The number of hydrogen-bond acceptors (Lipinski definition) is 8. The van der Waals surface area contributed by atoms with Gasteiger partial charge >= 0.3 is 0 Å². The molecule has 0 saturated carbocycles. The molecule has 1 aromatic rings. The highest BCUT2D eigenvalue weighted by Gasteiger charge is 2.56. The summed E-state index contributed by atoms with van der Waals surface area (Å²) >= 11 is 0. The summed E-state index contributed by atoms with van der Waals surface area (Å²) in [6.07, 6.45) is -6.28. The van der Waals surface area contributed by atoms with E-state index in [9.17, 15) is 35.1 Å². The van der Waals surface area contributed by atoms with Crippen molar-refractivity contribution in [2.24, 2.45) is 0 Å². The van der Waals surface area contributed by atoms with Crippen LogP contribution in [0.4, 0.5) is 0 Å². The largest absolute Gasteiger partial charge is 0.394 e. The van der Waals surface area contributed by atoms with Crippen molar-refractivity contribution in [3.63, 3.8) is 0 Å². The van der Waals surface area contributed by atoms with Gasteiger partial charge in [0.2, 0.25) is 5.79 Å². The SMILES string of the molecule is O=C1C=C([C@@]2(O)O[C@H](CO)[C@@H](O)[C@H](O)[C@H]2O)C(=O)c2ccccc21. The fraction of sp³-hybridized carbons (Fsp3) is 0.375. The molecule has 0 unspecified atom stereocenters. The maximum atomic E-state index is 12.6. The van der Waals surface area contributed by atoms with Gasteiger partial charge in [0, 0.05) is 11.1 Å². The maximum absolute atomic E-state index is 12.6. The molecule has 1 aromatic carbocycles. The van der Waals surface area contributed by atoms with Crippen LogP contribution in [0, 0.1) is 0 Å². The van der Waals surface area contributed by atoms with Crippen LogP contribution in [0.3, 0.4) is 0 Å². The number of allylic oxidation sites excluding steroid dienone is 1. The first-order chi connectivity index (χ1) is 11.3. The Morgan fingerprint density at radius 3 is 2.29 bits per heavy atom. The molecule has 24 heavy (non-hydrogen) atoms. The quantitative estimate of drug-likeness (QED) is 0.423. The first kappa shape index (κ1) is 16.9. The maximum Gasteiger partial charge on any atom is 0.226 e. The Morgan fingerprint density at radius 2 is 1.67 bits per heavy atom. The van der Waals surface area contributed by atoms with E-state index in [2.05, 4.69) is 0 Å². The lowest BCUT2D eigenvalue weighted by molar-refractivity contribution is -0.330. The molecule has 0 amide bonds. The van der Waals surface area contributed by atoms with E-state index in [-0.39, 0.29) is 11.1 Å². The Labute approximate surface area is 136 Å². The van der Waals surface area contributed by atoms with Gasteiger partial charge in [-0.3, -0.25) is 9.59 Å². The monoisotopic (exact) mass is 336 g/mol. The average Bonchev–Trinajstić information content (AvgIpc) is 2.59. The molecule has 5 atom stereocenters. The third-order valence-corrected chi connectivity index (χ3v) is 4.31. The van der Waals surface area contributed by atoms with Crippen LogP contribution < -0.4 is 0 Å². The van der Waals surface area contributed by atoms with Crippen LogP contribution >= 0.6 is 0 Å². The van der Waals surface area contributed by atoms with Gasteiger partial charge in [-0.05, 0) is 6.08 Å². The molecular formula is C16H16O8. The van der Waals surface area contributed by atoms with Crippen LogP contribution in [-0.2, 0) is 4.74 Å². The number of fused-ring (bicyclic) bond motifs is 1. The van der Waals surface area contributed by atoms with Crippen LogP contribution in [0.1, 0.15) is 20.7 Å². The van der Waals surface area contributed by atoms with E-state index in [0.717, 1.165) is 6.08 Å². The minimum Gasteiger partial charge on any atom is -0.394 e. The molecule has 128 valence electrons. The summed E-state index contributed by atoms with van der Waals surface area (Å²) < 4.78 is 5.10. The molecule has 1 aliphatic heterocycles. The number of ketones is 2. The van der Waals surface area contributed by atoms with Gasteiger partial charge in [-0.2, -0.15) is 0 Å². The van der Waals surface area contributed by atoms with Crippen molar-refractivity contribution in [1.82, 2.24) is 0 Å². The second-order valence-corrected chi connectivity index (χ2v) is 5.76. The van der Waals surface area contributed by atoms with E-state index in [1.54, 1.807) is 6.07 Å². The Morgan fingerprint density at radius 1 is 1.04 bits per heavy atom. The van der Waals surface area contributed by atoms with E-state index in [1.165, 1.54) is 18.2 Å². The van der Waals surface area contributed by atoms with Gasteiger partial charge in [0.25, 0.3) is 0 Å². The first-order valence-corrected chi connectivity index (χ1v) is 7.26. The second kappa shape index (κ2) is 5.85. The van der Waals surface area contributed by atoms with Gasteiger partial charge in [0.15, 0.2) is 11.6 Å². The zero-order valence-corrected chi connectivity index (χ0v) is 12.4. The highest BCUT2D eigenvalue weighted by atomic mass is 16.7. The summed E-state index contributed by atoms with van der Waals surface area (Å²) in [5.41, 5.74) is -0.409. The van der Waals surface area contributed by atoms with Crippen LogP contribution in [0.25, 0.3) is 0 Å². The molecular weight excluding hydrogens is 320 g/mol. The van der Waals surface area contributed by atoms with Gasteiger partial charge in [0.05, 0.1) is 12.2 Å². The molecule has 5 N–H and O–H groups in total. The van der Waals surface area contributed by atoms with Gasteiger partial charge < -0.3 is 30.3 Å². The van der Waals surface area contributed by atoms with Crippen LogP contribution in [-0.4, -0.2) is 73.9 Å². The van der Waals surface area contributed by atoms with E-state index in [1.807, 2.05) is 0 Å². The highest BCUT2D eigenvalue weighted by molar-refractivity contribution is 6.25. The molecule has 8 nitrogen and oxygen atoms in total. The van der Waals surface area contributed by atoms with E-state index < -0.39 is 53.9 Å². The minimum atomic E-state index is -2.74. The molecule has 1 fully saturated rings. The first-order valence-electron chi connectivity index (χ1n) is 7.26. The molecule has 8 heteroatoms. The van der Waals surface area contributed by atoms with Crippen molar-refractivity contribution in [2.75, 3.05) is 6.61 Å². The number of aliphatic hydroxyl groups is 5. The Kier molecular flexibility index (Phi) is 4.12. The van der Waals surface area contributed by atoms with Gasteiger partial charge in [-0.25, -0.2) is 0 Å². The Bertz CT molecular complexity index is 725. The predicted molar refractivity (Wildman–Crippen MR) is 78.1 cm³/mol. The lowest BCUT2D eigenvalue weighted by atomic mass is 9.80. The molecule has 0 spiro atoms. The number of Topliss-reactive ketones (excluding diaryl/α,β-unsaturated/α-hetero) is 1. The summed E-state index contributed by atoms with van der Waals surface area (Å²) in [7, 11) is 0. The van der Waals surface area contributed by atoms with Crippen molar-refractivity contribution >= 4 is 11.6 Å². The highest BCUT2D eigenvalue weighted by Crippen LogP contribution is 2.37. The third-order valence-electron chi connectivity index (χ3n) is 4.31. The zero-order valence-electron chi connectivity index (χ0n) is 12.4. The van der Waals surface area contributed by atoms with Crippen LogP contribution in [0.15, 0.2) is 35.9 Å². The van der Waals surface area contributed by atoms with Gasteiger partial charge in [-0.15, -0.1) is 0 Å². The van der Waals surface area contributed by atoms with Crippen LogP contribution in [0.2, 0.25) is 0 Å². The van der Waals surface area contributed by atoms with Crippen molar-refractivity contribution in [3.8, 4) is 0 Å². The normalized spacial score (nSPS) is 36.3. The molecule has 0 aromatic heterocycles. The number of ether oxygens (including phenoxy) is 1. The summed E-state index contributed by atoms with van der Waals surface area (Å²) in [6, 6.07) is 5.94. The van der Waals surface area contributed by atoms with E-state index >= 15 is 0 Å². The summed E-state index contributed by atoms with van der Waals surface area (Å²) in [6.45, 7) is -0.779. The lowest BCUT2D eigenvalue weighted by Gasteiger charge is -2.46. The van der Waals surface area contributed by atoms with E-state index in [0.29, 0.717) is 0 Å². The van der Waals surface area contributed by atoms with Crippen molar-refractivity contribution in [2.45, 2.75) is 30.2 Å². The average molecular weight is 336 g/mol. The van der Waals surface area contributed by atoms with Crippen molar-refractivity contribution in [3.05, 3.63) is 47.0 Å². The molecule has 1 heterocycles. The Hall–Kier alpha value is -1.94. The fourth-order valence-corrected chi connectivity index (χ4v) is 2.96. The van der Waals surface area contributed by atoms with Gasteiger partial charge in [0.1, 0.15) is 24.4 Å². The van der Waals surface area contributed by atoms with Gasteiger partial charge in [-0.1, -0.05) is 24.3 Å². The minimum absolute atomic E-state index is 0.0189. The second-order valence-electron chi connectivity index (χ2n) is 5.76. The fourth-order valence-electron chi connectivity index (χ4n) is 2.96. The van der Waals surface area contributed by atoms with Crippen LogP contribution in [0.5, 0.6) is 0 Å². The number of benzene rings is 1. The number of aliphatic hydroxyl groups excluding tert-OH is 4. The molecule has 2 aliphatic rings.